The van der Waals surface area contributed by atoms with Crippen molar-refractivity contribution in [2.75, 3.05) is 31.7 Å². The number of nitrogens with one attached hydrogen (secondary N) is 1. The topological polar surface area (TPSA) is 50.3 Å². The Morgan fingerprint density at radius 3 is 2.90 bits per heavy atom. The Balaban J connectivity index is 1.57. The van der Waals surface area contributed by atoms with Gasteiger partial charge in [-0.05, 0) is 38.5 Å². The molecule has 1 aliphatic carbocycles. The van der Waals surface area contributed by atoms with Gasteiger partial charge >= 0.3 is 0 Å². The summed E-state index contributed by atoms with van der Waals surface area (Å²) in [7, 11) is 2.07. The molecule has 1 saturated carbocycles. The van der Waals surface area contributed by atoms with E-state index in [4.69, 9.17) is 4.74 Å². The van der Waals surface area contributed by atoms with Crippen LogP contribution in [-0.4, -0.2) is 42.8 Å². The van der Waals surface area contributed by atoms with Gasteiger partial charge in [-0.2, -0.15) is 0 Å². The molecule has 21 heavy (non-hydrogen) atoms. The van der Waals surface area contributed by atoms with Gasteiger partial charge in [0.2, 0.25) is 5.95 Å². The van der Waals surface area contributed by atoms with Crippen molar-refractivity contribution >= 4 is 5.95 Å². The lowest BCUT2D eigenvalue weighted by atomic mass is 10.0. The van der Waals surface area contributed by atoms with Gasteiger partial charge in [0.25, 0.3) is 0 Å². The maximum Gasteiger partial charge on any atom is 0.225 e. The van der Waals surface area contributed by atoms with Gasteiger partial charge in [-0.15, -0.1) is 0 Å². The second-order valence-electron chi connectivity index (χ2n) is 6.40. The minimum atomic E-state index is 0.601. The molecule has 5 nitrogen and oxygen atoms in total. The molecule has 0 amide bonds. The van der Waals surface area contributed by atoms with Crippen molar-refractivity contribution in [3.05, 3.63) is 17.5 Å². The molecule has 1 atom stereocenters. The molecule has 1 unspecified atom stereocenters. The number of aryl methyl sites for hydroxylation is 1. The largest absolute Gasteiger partial charge is 0.381 e. The van der Waals surface area contributed by atoms with Crippen LogP contribution in [0.25, 0.3) is 0 Å². The highest BCUT2D eigenvalue weighted by Crippen LogP contribution is 2.20. The Hall–Kier alpha value is -1.20. The van der Waals surface area contributed by atoms with Crippen molar-refractivity contribution in [2.45, 2.75) is 45.2 Å². The van der Waals surface area contributed by atoms with Crippen molar-refractivity contribution in [1.82, 2.24) is 15.3 Å². The summed E-state index contributed by atoms with van der Waals surface area (Å²) in [5.41, 5.74) is 2.29. The van der Waals surface area contributed by atoms with Gasteiger partial charge < -0.3 is 15.0 Å². The van der Waals surface area contributed by atoms with Crippen LogP contribution in [0.1, 0.15) is 36.9 Å². The van der Waals surface area contributed by atoms with Gasteiger partial charge in [-0.3, -0.25) is 0 Å². The molecule has 2 heterocycles. The van der Waals surface area contributed by atoms with E-state index in [2.05, 4.69) is 34.2 Å². The van der Waals surface area contributed by atoms with Crippen molar-refractivity contribution in [2.24, 2.45) is 5.92 Å². The Bertz CT molecular complexity index is 469. The first-order valence-corrected chi connectivity index (χ1v) is 8.07. The summed E-state index contributed by atoms with van der Waals surface area (Å²) in [5.74, 6) is 1.43. The van der Waals surface area contributed by atoms with E-state index >= 15 is 0 Å². The van der Waals surface area contributed by atoms with Gasteiger partial charge in [0, 0.05) is 50.2 Å². The zero-order valence-corrected chi connectivity index (χ0v) is 13.1. The third-order valence-corrected chi connectivity index (χ3v) is 4.35. The molecule has 1 aromatic heterocycles. The van der Waals surface area contributed by atoms with E-state index in [9.17, 15) is 0 Å². The van der Waals surface area contributed by atoms with Gasteiger partial charge in [0.15, 0.2) is 0 Å². The molecule has 2 fully saturated rings. The fourth-order valence-electron chi connectivity index (χ4n) is 2.80. The fourth-order valence-corrected chi connectivity index (χ4v) is 2.80. The Kier molecular flexibility index (Phi) is 4.70. The third kappa shape index (κ3) is 4.14. The number of hydrogen-bond acceptors (Lipinski definition) is 5. The molecule has 1 aromatic rings. The molecule has 3 rings (SSSR count). The van der Waals surface area contributed by atoms with Crippen LogP contribution >= 0.6 is 0 Å². The normalized spacial score (nSPS) is 22.3. The van der Waals surface area contributed by atoms with Crippen LogP contribution in [0.5, 0.6) is 0 Å². The fraction of sp³-hybridized carbons (Fsp3) is 0.750. The summed E-state index contributed by atoms with van der Waals surface area (Å²) >= 11 is 0. The molecular formula is C16H26N4O. The molecule has 1 N–H and O–H groups in total. The smallest absolute Gasteiger partial charge is 0.225 e. The zero-order valence-electron chi connectivity index (χ0n) is 13.1. The first-order valence-electron chi connectivity index (χ1n) is 8.07. The number of nitrogens with zero attached hydrogens (tertiary/aromatic N) is 3. The van der Waals surface area contributed by atoms with Crippen LogP contribution in [0.4, 0.5) is 5.95 Å². The summed E-state index contributed by atoms with van der Waals surface area (Å²) in [5, 5.41) is 3.52. The van der Waals surface area contributed by atoms with Crippen molar-refractivity contribution in [3.8, 4) is 0 Å². The molecule has 116 valence electrons. The maximum atomic E-state index is 5.55. The van der Waals surface area contributed by atoms with Crippen molar-refractivity contribution < 1.29 is 4.74 Å². The highest BCUT2D eigenvalue weighted by Gasteiger charge is 2.21. The van der Waals surface area contributed by atoms with E-state index in [1.165, 1.54) is 31.2 Å². The van der Waals surface area contributed by atoms with Crippen LogP contribution < -0.4 is 10.2 Å². The predicted molar refractivity (Wildman–Crippen MR) is 83.4 cm³/mol. The van der Waals surface area contributed by atoms with E-state index < -0.39 is 0 Å². The minimum absolute atomic E-state index is 0.601. The van der Waals surface area contributed by atoms with Crippen LogP contribution in [0.3, 0.4) is 0 Å². The molecule has 5 heteroatoms. The zero-order chi connectivity index (χ0) is 14.7. The van der Waals surface area contributed by atoms with E-state index in [0.29, 0.717) is 5.92 Å². The molecule has 0 bridgehead atoms. The van der Waals surface area contributed by atoms with Crippen molar-refractivity contribution in [1.29, 1.82) is 0 Å². The number of ether oxygens (including phenoxy) is 1. The standard InChI is InChI=1S/C16H26N4O/c1-12-14(8-17-15-5-6-15)9-18-16(19-12)20(2)10-13-4-3-7-21-11-13/h9,13,15,17H,3-8,10-11H2,1-2H3. The van der Waals surface area contributed by atoms with E-state index in [1.54, 1.807) is 0 Å². The summed E-state index contributed by atoms with van der Waals surface area (Å²) in [6.07, 6.45) is 7.01. The number of anilines is 1. The Morgan fingerprint density at radius 1 is 1.38 bits per heavy atom. The lowest BCUT2D eigenvalue weighted by Gasteiger charge is -2.27. The molecule has 0 radical (unpaired) electrons. The van der Waals surface area contributed by atoms with Crippen LogP contribution in [-0.2, 0) is 11.3 Å². The molecule has 2 aliphatic rings. The van der Waals surface area contributed by atoms with Crippen LogP contribution in [0, 0.1) is 12.8 Å². The van der Waals surface area contributed by atoms with Gasteiger partial charge in [-0.1, -0.05) is 0 Å². The van der Waals surface area contributed by atoms with Crippen LogP contribution in [0.2, 0.25) is 0 Å². The highest BCUT2D eigenvalue weighted by atomic mass is 16.5. The molecular weight excluding hydrogens is 264 g/mol. The third-order valence-electron chi connectivity index (χ3n) is 4.35. The Morgan fingerprint density at radius 2 is 2.24 bits per heavy atom. The maximum absolute atomic E-state index is 5.55. The second-order valence-corrected chi connectivity index (χ2v) is 6.40. The first kappa shape index (κ1) is 14.7. The predicted octanol–water partition coefficient (Wildman–Crippen LogP) is 1.90. The molecule has 1 aliphatic heterocycles. The van der Waals surface area contributed by atoms with Gasteiger partial charge in [0.05, 0.1) is 6.61 Å². The average Bonchev–Trinajstić information content (AvgIpc) is 3.31. The van der Waals surface area contributed by atoms with E-state index in [-0.39, 0.29) is 0 Å². The Labute approximate surface area is 127 Å². The quantitative estimate of drug-likeness (QED) is 0.867. The summed E-state index contributed by atoms with van der Waals surface area (Å²) < 4.78 is 5.55. The van der Waals surface area contributed by atoms with E-state index in [0.717, 1.165) is 44.0 Å². The van der Waals surface area contributed by atoms with Gasteiger partial charge in [0.1, 0.15) is 0 Å². The highest BCUT2D eigenvalue weighted by molar-refractivity contribution is 5.32. The summed E-state index contributed by atoms with van der Waals surface area (Å²) in [6, 6.07) is 0.720. The van der Waals surface area contributed by atoms with E-state index in [1.807, 2.05) is 6.20 Å². The lowest BCUT2D eigenvalue weighted by molar-refractivity contribution is 0.0575. The molecule has 1 saturated heterocycles. The summed E-state index contributed by atoms with van der Waals surface area (Å²) in [6.45, 7) is 5.72. The number of aromatic nitrogens is 2. The monoisotopic (exact) mass is 290 g/mol. The second kappa shape index (κ2) is 6.71. The van der Waals surface area contributed by atoms with Crippen LogP contribution in [0.15, 0.2) is 6.20 Å². The summed E-state index contributed by atoms with van der Waals surface area (Å²) in [4.78, 5) is 11.4. The first-order chi connectivity index (χ1) is 10.2. The van der Waals surface area contributed by atoms with Gasteiger partial charge in [-0.25, -0.2) is 9.97 Å². The number of rotatable bonds is 6. The molecule has 0 spiro atoms. The lowest BCUT2D eigenvalue weighted by Crippen LogP contribution is -2.32. The average molecular weight is 290 g/mol. The van der Waals surface area contributed by atoms with Crippen molar-refractivity contribution in [3.63, 3.8) is 0 Å². The molecule has 0 aromatic carbocycles. The SMILES string of the molecule is Cc1nc(N(C)CC2CCCOC2)ncc1CNC1CC1. The number of hydrogen-bond donors (Lipinski definition) is 1. The minimum Gasteiger partial charge on any atom is -0.381 e.